The van der Waals surface area contributed by atoms with Gasteiger partial charge in [-0.1, -0.05) is 0 Å². The number of H-pyrrole nitrogens is 1. The summed E-state index contributed by atoms with van der Waals surface area (Å²) in [6, 6.07) is 11.1. The normalized spacial score (nSPS) is 11.9. The number of carbonyl (C=O) groups is 2. The molecule has 0 saturated carbocycles. The summed E-state index contributed by atoms with van der Waals surface area (Å²) in [4.78, 5) is 36.6. The molecule has 2 amide bonds. The SMILES string of the molecule is NC(=O)[C@H](Cc1cc(Br)c(O)c(Br)c1)NC(=O)c1ccc2nc(-c3ccncc3)[nH]c2c1. The van der Waals surface area contributed by atoms with Crippen LogP contribution in [0.2, 0.25) is 0 Å². The molecule has 8 nitrogen and oxygen atoms in total. The highest BCUT2D eigenvalue weighted by molar-refractivity contribution is 9.11. The highest BCUT2D eigenvalue weighted by Crippen LogP contribution is 2.33. The summed E-state index contributed by atoms with van der Waals surface area (Å²) >= 11 is 6.51. The van der Waals surface area contributed by atoms with Gasteiger partial charge in [0.15, 0.2) is 0 Å². The lowest BCUT2D eigenvalue weighted by atomic mass is 10.0. The van der Waals surface area contributed by atoms with Gasteiger partial charge < -0.3 is 21.1 Å². The number of nitrogens with two attached hydrogens (primary N) is 1. The fourth-order valence-electron chi connectivity index (χ4n) is 3.23. The smallest absolute Gasteiger partial charge is 0.252 e. The topological polar surface area (TPSA) is 134 Å². The number of amides is 2. The van der Waals surface area contributed by atoms with Gasteiger partial charge in [0.2, 0.25) is 5.91 Å². The highest BCUT2D eigenvalue weighted by Gasteiger charge is 2.21. The molecule has 0 unspecified atom stereocenters. The van der Waals surface area contributed by atoms with Crippen molar-refractivity contribution < 1.29 is 14.7 Å². The van der Waals surface area contributed by atoms with Crippen LogP contribution in [0.3, 0.4) is 0 Å². The Morgan fingerprint density at radius 2 is 1.78 bits per heavy atom. The minimum Gasteiger partial charge on any atom is -0.506 e. The second kappa shape index (κ2) is 9.09. The molecule has 4 rings (SSSR count). The van der Waals surface area contributed by atoms with Gasteiger partial charge in [0.1, 0.15) is 17.6 Å². The molecule has 4 aromatic rings. The molecule has 2 heterocycles. The number of hydrogen-bond acceptors (Lipinski definition) is 5. The van der Waals surface area contributed by atoms with Crippen LogP contribution in [0, 0.1) is 0 Å². The molecule has 0 aliphatic heterocycles. The second-order valence-electron chi connectivity index (χ2n) is 7.09. The zero-order valence-corrected chi connectivity index (χ0v) is 19.6. The minimum atomic E-state index is -0.935. The lowest BCUT2D eigenvalue weighted by molar-refractivity contribution is -0.119. The Kier molecular flexibility index (Phi) is 6.24. The number of primary amides is 1. The Morgan fingerprint density at radius 1 is 1.09 bits per heavy atom. The molecule has 0 bridgehead atoms. The summed E-state index contributed by atoms with van der Waals surface area (Å²) in [7, 11) is 0. The van der Waals surface area contributed by atoms with Crippen LogP contribution in [0.5, 0.6) is 5.75 Å². The first-order valence-electron chi connectivity index (χ1n) is 9.49. The molecule has 2 aromatic carbocycles. The molecule has 162 valence electrons. The molecule has 0 saturated heterocycles. The number of phenols is 1. The predicted molar refractivity (Wildman–Crippen MR) is 127 cm³/mol. The van der Waals surface area contributed by atoms with Gasteiger partial charge >= 0.3 is 0 Å². The molecule has 5 N–H and O–H groups in total. The largest absolute Gasteiger partial charge is 0.506 e. The first-order valence-corrected chi connectivity index (χ1v) is 11.1. The fourth-order valence-corrected chi connectivity index (χ4v) is 4.51. The number of phenolic OH excluding ortho intramolecular Hbond substituents is 1. The molecular formula is C22H17Br2N5O3. The number of halogens is 2. The molecule has 0 fully saturated rings. The highest BCUT2D eigenvalue weighted by atomic mass is 79.9. The average molecular weight is 559 g/mol. The summed E-state index contributed by atoms with van der Waals surface area (Å²) in [5.41, 5.74) is 8.87. The van der Waals surface area contributed by atoms with Crippen molar-refractivity contribution in [1.82, 2.24) is 20.3 Å². The minimum absolute atomic E-state index is 0.0485. The predicted octanol–water partition coefficient (Wildman–Crippen LogP) is 3.68. The number of pyridine rings is 1. The van der Waals surface area contributed by atoms with Gasteiger partial charge in [-0.25, -0.2) is 4.98 Å². The molecule has 1 atom stereocenters. The van der Waals surface area contributed by atoms with Gasteiger partial charge in [-0.15, -0.1) is 0 Å². The van der Waals surface area contributed by atoms with Gasteiger partial charge in [0, 0.05) is 29.9 Å². The summed E-state index contributed by atoms with van der Waals surface area (Å²) in [6.07, 6.45) is 3.52. The van der Waals surface area contributed by atoms with Crippen molar-refractivity contribution in [2.75, 3.05) is 0 Å². The van der Waals surface area contributed by atoms with Crippen LogP contribution >= 0.6 is 31.9 Å². The Morgan fingerprint density at radius 3 is 2.44 bits per heavy atom. The van der Waals surface area contributed by atoms with Crippen molar-refractivity contribution in [3.8, 4) is 17.1 Å². The summed E-state index contributed by atoms with van der Waals surface area (Å²) in [5.74, 6) is -0.389. The number of imidazole rings is 1. The third kappa shape index (κ3) is 4.66. The number of aromatic amines is 1. The van der Waals surface area contributed by atoms with E-state index in [4.69, 9.17) is 5.73 Å². The molecule has 32 heavy (non-hydrogen) atoms. The van der Waals surface area contributed by atoms with Gasteiger partial charge in [-0.05, 0) is 79.9 Å². The maximum Gasteiger partial charge on any atom is 0.252 e. The first-order chi connectivity index (χ1) is 15.3. The lowest BCUT2D eigenvalue weighted by Gasteiger charge is -2.16. The molecule has 10 heteroatoms. The van der Waals surface area contributed by atoms with E-state index in [0.29, 0.717) is 36.9 Å². The van der Waals surface area contributed by atoms with Crippen molar-refractivity contribution in [2.24, 2.45) is 5.73 Å². The van der Waals surface area contributed by atoms with E-state index in [9.17, 15) is 14.7 Å². The first kappa shape index (κ1) is 22.0. The van der Waals surface area contributed by atoms with Crippen molar-refractivity contribution in [3.63, 3.8) is 0 Å². The van der Waals surface area contributed by atoms with Crippen LogP contribution in [0.15, 0.2) is 63.8 Å². The zero-order valence-electron chi connectivity index (χ0n) is 16.5. The number of fused-ring (bicyclic) bond motifs is 1. The number of aromatic hydroxyl groups is 1. The lowest BCUT2D eigenvalue weighted by Crippen LogP contribution is -2.45. The van der Waals surface area contributed by atoms with E-state index in [0.717, 1.165) is 5.56 Å². The van der Waals surface area contributed by atoms with Gasteiger partial charge in [0.05, 0.1) is 20.0 Å². The number of hydrogen-bond donors (Lipinski definition) is 4. The molecule has 0 spiro atoms. The molecule has 2 aromatic heterocycles. The van der Waals surface area contributed by atoms with E-state index in [1.807, 2.05) is 12.1 Å². The summed E-state index contributed by atoms with van der Waals surface area (Å²) < 4.78 is 0.928. The maximum absolute atomic E-state index is 12.8. The van der Waals surface area contributed by atoms with Crippen LogP contribution in [-0.2, 0) is 11.2 Å². The Hall–Kier alpha value is -3.24. The van der Waals surface area contributed by atoms with Crippen LogP contribution in [-0.4, -0.2) is 37.9 Å². The molecule has 0 aliphatic carbocycles. The van der Waals surface area contributed by atoms with Crippen LogP contribution in [0.25, 0.3) is 22.4 Å². The molecular weight excluding hydrogens is 542 g/mol. The van der Waals surface area contributed by atoms with Crippen molar-refractivity contribution >= 4 is 54.7 Å². The molecule has 0 radical (unpaired) electrons. The number of nitrogens with one attached hydrogen (secondary N) is 2. The van der Waals surface area contributed by atoms with E-state index < -0.39 is 17.9 Å². The quantitative estimate of drug-likeness (QED) is 0.286. The summed E-state index contributed by atoms with van der Waals surface area (Å²) in [5, 5.41) is 12.6. The number of nitrogens with zero attached hydrogens (tertiary/aromatic N) is 2. The van der Waals surface area contributed by atoms with E-state index in [1.54, 1.807) is 42.7 Å². The Labute approximate surface area is 199 Å². The third-order valence-electron chi connectivity index (χ3n) is 4.86. The average Bonchev–Trinajstić information content (AvgIpc) is 3.21. The van der Waals surface area contributed by atoms with Crippen molar-refractivity contribution in [2.45, 2.75) is 12.5 Å². The third-order valence-corrected chi connectivity index (χ3v) is 6.07. The number of aromatic nitrogens is 3. The number of carbonyl (C=O) groups excluding carboxylic acids is 2. The Bertz CT molecular complexity index is 1300. The number of benzene rings is 2. The summed E-state index contributed by atoms with van der Waals surface area (Å²) in [6.45, 7) is 0. The van der Waals surface area contributed by atoms with Crippen LogP contribution in [0.1, 0.15) is 15.9 Å². The van der Waals surface area contributed by atoms with E-state index in [2.05, 4.69) is 52.1 Å². The fraction of sp³-hybridized carbons (Fsp3) is 0.0909. The van der Waals surface area contributed by atoms with Crippen molar-refractivity contribution in [1.29, 1.82) is 0 Å². The van der Waals surface area contributed by atoms with E-state index in [1.165, 1.54) is 0 Å². The van der Waals surface area contributed by atoms with E-state index in [-0.39, 0.29) is 12.2 Å². The Balaban J connectivity index is 1.55. The maximum atomic E-state index is 12.8. The van der Waals surface area contributed by atoms with E-state index >= 15 is 0 Å². The standard InChI is InChI=1S/C22H17Br2N5O3/c23-14-7-11(8-15(24)19(14)30)9-18(20(25)31)29-22(32)13-1-2-16-17(10-13)28-21(27-16)12-3-5-26-6-4-12/h1-8,10,18,30H,9H2,(H2,25,31)(H,27,28)(H,29,32)/t18-/m0/s1. The second-order valence-corrected chi connectivity index (χ2v) is 8.80. The number of rotatable bonds is 6. The van der Waals surface area contributed by atoms with Crippen molar-refractivity contribution in [3.05, 3.63) is 74.9 Å². The van der Waals surface area contributed by atoms with Gasteiger partial charge in [-0.2, -0.15) is 0 Å². The van der Waals surface area contributed by atoms with Crippen LogP contribution < -0.4 is 11.1 Å². The zero-order chi connectivity index (χ0) is 22.8. The van der Waals surface area contributed by atoms with Gasteiger partial charge in [0.25, 0.3) is 5.91 Å². The molecule has 0 aliphatic rings. The monoisotopic (exact) mass is 557 g/mol. The van der Waals surface area contributed by atoms with Crippen LogP contribution in [0.4, 0.5) is 0 Å². The van der Waals surface area contributed by atoms with Gasteiger partial charge in [-0.3, -0.25) is 14.6 Å².